The van der Waals surface area contributed by atoms with E-state index in [0.717, 1.165) is 32.1 Å². The van der Waals surface area contributed by atoms with E-state index >= 15 is 0 Å². The zero-order valence-electron chi connectivity index (χ0n) is 15.0. The molecule has 0 aromatic rings. The molecule has 4 nitrogen and oxygen atoms in total. The van der Waals surface area contributed by atoms with Gasteiger partial charge < -0.3 is 9.84 Å². The number of esters is 1. The van der Waals surface area contributed by atoms with Crippen molar-refractivity contribution in [2.24, 2.45) is 10.8 Å². The Hall–Kier alpha value is -0.900. The molecule has 0 atom stereocenters. The number of rotatable bonds is 12. The summed E-state index contributed by atoms with van der Waals surface area (Å²) in [6.45, 7) is 10.2. The lowest BCUT2D eigenvalue weighted by atomic mass is 9.86. The molecule has 130 valence electrons. The van der Waals surface area contributed by atoms with Gasteiger partial charge in [-0.2, -0.15) is 0 Å². The lowest BCUT2D eigenvalue weighted by Gasteiger charge is -2.22. The van der Waals surface area contributed by atoms with Crippen LogP contribution in [0.2, 0.25) is 0 Å². The number of hydrogen-bond donors (Lipinski definition) is 1. The number of hydrogen-bond acceptors (Lipinski definition) is 4. The number of aliphatic hydroxyl groups is 1. The fourth-order valence-electron chi connectivity index (χ4n) is 2.29. The highest BCUT2D eigenvalue weighted by Crippen LogP contribution is 2.26. The van der Waals surface area contributed by atoms with Gasteiger partial charge in [-0.1, -0.05) is 20.3 Å². The minimum atomic E-state index is -0.468. The predicted molar refractivity (Wildman–Crippen MR) is 88.6 cm³/mol. The van der Waals surface area contributed by atoms with E-state index in [1.807, 2.05) is 34.6 Å². The summed E-state index contributed by atoms with van der Waals surface area (Å²) >= 11 is 0. The highest BCUT2D eigenvalue weighted by atomic mass is 16.5. The molecule has 0 fully saturated rings. The lowest BCUT2D eigenvalue weighted by molar-refractivity contribution is -0.153. The third kappa shape index (κ3) is 9.19. The standard InChI is InChI=1S/C18H34O4/c1-6-22-16(21)18(4,5)13-8-7-10-15(20)11-9-12-17(2,3)14-19/h19H,6-14H2,1-5H3. The molecule has 0 radical (unpaired) electrons. The zero-order chi connectivity index (χ0) is 17.2. The van der Waals surface area contributed by atoms with Gasteiger partial charge in [-0.15, -0.1) is 0 Å². The first-order valence-corrected chi connectivity index (χ1v) is 8.44. The molecule has 4 heteroatoms. The summed E-state index contributed by atoms with van der Waals surface area (Å²) in [6, 6.07) is 0. The van der Waals surface area contributed by atoms with E-state index in [9.17, 15) is 9.59 Å². The Morgan fingerprint density at radius 3 is 2.09 bits per heavy atom. The van der Waals surface area contributed by atoms with Gasteiger partial charge in [0.15, 0.2) is 0 Å². The van der Waals surface area contributed by atoms with E-state index < -0.39 is 5.41 Å². The molecule has 0 saturated carbocycles. The Kier molecular flexibility index (Phi) is 9.58. The second-order valence-corrected chi connectivity index (χ2v) is 7.53. The molecule has 0 saturated heterocycles. The topological polar surface area (TPSA) is 63.6 Å². The van der Waals surface area contributed by atoms with E-state index in [4.69, 9.17) is 9.84 Å². The number of carbonyl (C=O) groups is 2. The summed E-state index contributed by atoms with van der Waals surface area (Å²) in [4.78, 5) is 23.6. The number of ketones is 1. The van der Waals surface area contributed by atoms with Crippen molar-refractivity contribution >= 4 is 11.8 Å². The minimum Gasteiger partial charge on any atom is -0.466 e. The number of carbonyl (C=O) groups excluding carboxylic acids is 2. The van der Waals surface area contributed by atoms with Crippen molar-refractivity contribution in [3.8, 4) is 0 Å². The van der Waals surface area contributed by atoms with E-state index in [0.29, 0.717) is 19.4 Å². The number of aliphatic hydroxyl groups excluding tert-OH is 1. The van der Waals surface area contributed by atoms with Crippen LogP contribution in [0.25, 0.3) is 0 Å². The Bertz CT molecular complexity index is 345. The number of unbranched alkanes of at least 4 members (excludes halogenated alkanes) is 1. The Morgan fingerprint density at radius 1 is 0.955 bits per heavy atom. The third-order valence-corrected chi connectivity index (χ3v) is 4.07. The Labute approximate surface area is 135 Å². The maximum atomic E-state index is 11.8. The van der Waals surface area contributed by atoms with E-state index in [2.05, 4.69) is 0 Å². The molecular weight excluding hydrogens is 280 g/mol. The van der Waals surface area contributed by atoms with Gasteiger partial charge in [-0.05, 0) is 51.9 Å². The maximum absolute atomic E-state index is 11.8. The minimum absolute atomic E-state index is 0.0933. The Morgan fingerprint density at radius 2 is 1.55 bits per heavy atom. The molecule has 0 aliphatic rings. The second kappa shape index (κ2) is 9.98. The normalized spacial score (nSPS) is 12.3. The van der Waals surface area contributed by atoms with Crippen molar-refractivity contribution in [3.05, 3.63) is 0 Å². The van der Waals surface area contributed by atoms with Crippen LogP contribution < -0.4 is 0 Å². The molecule has 0 amide bonds. The SMILES string of the molecule is CCOC(=O)C(C)(C)CCCCC(=O)CCCC(C)(C)CO. The molecule has 0 unspecified atom stereocenters. The summed E-state index contributed by atoms with van der Waals surface area (Å²) in [7, 11) is 0. The average Bonchev–Trinajstić information content (AvgIpc) is 2.43. The quantitative estimate of drug-likeness (QED) is 0.438. The molecule has 0 bridgehead atoms. The first kappa shape index (κ1) is 21.1. The van der Waals surface area contributed by atoms with E-state index in [-0.39, 0.29) is 23.8 Å². The van der Waals surface area contributed by atoms with Crippen molar-refractivity contribution in [2.45, 2.75) is 79.6 Å². The van der Waals surface area contributed by atoms with Crippen LogP contribution >= 0.6 is 0 Å². The van der Waals surface area contributed by atoms with Crippen LogP contribution in [-0.2, 0) is 14.3 Å². The lowest BCUT2D eigenvalue weighted by Crippen LogP contribution is -2.26. The number of Topliss-reactive ketones (excluding diaryl/α,β-unsaturated/α-hetero) is 1. The van der Waals surface area contributed by atoms with Gasteiger partial charge in [0.1, 0.15) is 5.78 Å². The van der Waals surface area contributed by atoms with Crippen LogP contribution in [0.1, 0.15) is 79.6 Å². The molecule has 0 aliphatic heterocycles. The third-order valence-electron chi connectivity index (χ3n) is 4.07. The number of ether oxygens (including phenoxy) is 1. The van der Waals surface area contributed by atoms with Crippen LogP contribution in [0.4, 0.5) is 0 Å². The van der Waals surface area contributed by atoms with Crippen molar-refractivity contribution < 1.29 is 19.4 Å². The molecule has 0 aliphatic carbocycles. The summed E-state index contributed by atoms with van der Waals surface area (Å²) < 4.78 is 5.05. The average molecular weight is 314 g/mol. The fourth-order valence-corrected chi connectivity index (χ4v) is 2.29. The molecule has 0 spiro atoms. The monoisotopic (exact) mass is 314 g/mol. The summed E-state index contributed by atoms with van der Waals surface area (Å²) in [5, 5.41) is 9.17. The van der Waals surface area contributed by atoms with Crippen LogP contribution in [0.15, 0.2) is 0 Å². The highest BCUT2D eigenvalue weighted by molar-refractivity contribution is 5.78. The van der Waals surface area contributed by atoms with Crippen LogP contribution in [0.3, 0.4) is 0 Å². The van der Waals surface area contributed by atoms with E-state index in [1.165, 1.54) is 0 Å². The van der Waals surface area contributed by atoms with Crippen molar-refractivity contribution in [2.75, 3.05) is 13.2 Å². The van der Waals surface area contributed by atoms with E-state index in [1.54, 1.807) is 0 Å². The van der Waals surface area contributed by atoms with Crippen LogP contribution in [0, 0.1) is 10.8 Å². The molecular formula is C18H34O4. The maximum Gasteiger partial charge on any atom is 0.311 e. The van der Waals surface area contributed by atoms with Gasteiger partial charge in [0, 0.05) is 19.4 Å². The van der Waals surface area contributed by atoms with Crippen molar-refractivity contribution in [3.63, 3.8) is 0 Å². The summed E-state index contributed by atoms with van der Waals surface area (Å²) in [5.41, 5.74) is -0.561. The molecule has 0 aromatic heterocycles. The smallest absolute Gasteiger partial charge is 0.311 e. The molecule has 0 heterocycles. The predicted octanol–water partition coefficient (Wildman–Crippen LogP) is 3.89. The van der Waals surface area contributed by atoms with Gasteiger partial charge in [0.2, 0.25) is 0 Å². The fraction of sp³-hybridized carbons (Fsp3) is 0.889. The highest BCUT2D eigenvalue weighted by Gasteiger charge is 2.28. The molecule has 22 heavy (non-hydrogen) atoms. The van der Waals surface area contributed by atoms with Gasteiger partial charge in [0.25, 0.3) is 0 Å². The largest absolute Gasteiger partial charge is 0.466 e. The molecule has 0 rings (SSSR count). The first-order valence-electron chi connectivity index (χ1n) is 8.44. The Balaban J connectivity index is 3.83. The summed E-state index contributed by atoms with van der Waals surface area (Å²) in [6.07, 6.45) is 5.30. The van der Waals surface area contributed by atoms with Gasteiger partial charge >= 0.3 is 5.97 Å². The van der Waals surface area contributed by atoms with Crippen LogP contribution in [-0.4, -0.2) is 30.1 Å². The summed E-state index contributed by atoms with van der Waals surface area (Å²) in [5.74, 6) is 0.121. The van der Waals surface area contributed by atoms with Crippen molar-refractivity contribution in [1.29, 1.82) is 0 Å². The molecule has 1 N–H and O–H groups in total. The second-order valence-electron chi connectivity index (χ2n) is 7.53. The molecule has 0 aromatic carbocycles. The van der Waals surface area contributed by atoms with Gasteiger partial charge in [-0.3, -0.25) is 9.59 Å². The first-order chi connectivity index (χ1) is 10.1. The zero-order valence-corrected chi connectivity index (χ0v) is 15.0. The van der Waals surface area contributed by atoms with Crippen LogP contribution in [0.5, 0.6) is 0 Å². The van der Waals surface area contributed by atoms with Gasteiger partial charge in [0.05, 0.1) is 12.0 Å². The van der Waals surface area contributed by atoms with Gasteiger partial charge in [-0.25, -0.2) is 0 Å². The van der Waals surface area contributed by atoms with Crippen molar-refractivity contribution in [1.82, 2.24) is 0 Å².